The maximum absolute atomic E-state index is 4.53. The lowest BCUT2D eigenvalue weighted by Crippen LogP contribution is -2.53. The van der Waals surface area contributed by atoms with Crippen molar-refractivity contribution >= 4 is 17.7 Å². The molecule has 1 aromatic rings. The van der Waals surface area contributed by atoms with E-state index in [1.54, 1.807) is 0 Å². The van der Waals surface area contributed by atoms with E-state index < -0.39 is 0 Å². The number of guanidine groups is 1. The molecule has 2 aliphatic rings. The summed E-state index contributed by atoms with van der Waals surface area (Å²) in [4.78, 5) is 7.01. The third-order valence-electron chi connectivity index (χ3n) is 5.00. The molecule has 1 aliphatic carbocycles. The molecule has 1 spiro atoms. The van der Waals surface area contributed by atoms with Crippen LogP contribution in [0.4, 0.5) is 0 Å². The van der Waals surface area contributed by atoms with Gasteiger partial charge in [-0.05, 0) is 25.0 Å². The Morgan fingerprint density at radius 2 is 2.18 bits per heavy atom. The van der Waals surface area contributed by atoms with Crippen LogP contribution in [0.5, 0.6) is 0 Å². The minimum atomic E-state index is 0.485. The Kier molecular flexibility index (Phi) is 5.01. The minimum Gasteiger partial charge on any atom is -0.353 e. The lowest BCUT2D eigenvalue weighted by atomic mass is 9.87. The number of aryl methyl sites for hydroxylation is 1. The second kappa shape index (κ2) is 6.99. The average molecular weight is 321 g/mol. The van der Waals surface area contributed by atoms with E-state index in [9.17, 15) is 0 Å². The highest BCUT2D eigenvalue weighted by Gasteiger charge is 2.38. The molecule has 1 saturated carbocycles. The normalized spacial score (nSPS) is 22.1. The standard InChI is InChI=1S/C17H28N4S/c1-18-16(19-13-15-7-6-10-20(15)2)21-11-12-22-17(14-21)8-4-3-5-9-17/h6-7,10H,3-5,8-9,11-14H2,1-2H3,(H,18,19). The van der Waals surface area contributed by atoms with Crippen molar-refractivity contribution in [3.63, 3.8) is 0 Å². The molecule has 1 aliphatic heterocycles. The fraction of sp³-hybridized carbons (Fsp3) is 0.706. The maximum Gasteiger partial charge on any atom is 0.194 e. The molecule has 122 valence electrons. The van der Waals surface area contributed by atoms with Gasteiger partial charge in [0, 0.05) is 49.6 Å². The number of nitrogens with one attached hydrogen (secondary N) is 1. The van der Waals surface area contributed by atoms with E-state index in [2.05, 4.69) is 56.9 Å². The lowest BCUT2D eigenvalue weighted by Gasteiger charge is -2.45. The van der Waals surface area contributed by atoms with Gasteiger partial charge in [-0.3, -0.25) is 4.99 Å². The molecule has 1 aromatic heterocycles. The van der Waals surface area contributed by atoms with Crippen molar-refractivity contribution in [1.82, 2.24) is 14.8 Å². The van der Waals surface area contributed by atoms with Crippen molar-refractivity contribution in [1.29, 1.82) is 0 Å². The summed E-state index contributed by atoms with van der Waals surface area (Å²) in [6.07, 6.45) is 9.06. The van der Waals surface area contributed by atoms with E-state index >= 15 is 0 Å². The van der Waals surface area contributed by atoms with E-state index in [-0.39, 0.29) is 0 Å². The molecule has 1 N–H and O–H groups in total. The summed E-state index contributed by atoms with van der Waals surface area (Å²) in [5, 5.41) is 3.55. The molecule has 2 fully saturated rings. The molecule has 1 saturated heterocycles. The number of hydrogen-bond acceptors (Lipinski definition) is 2. The number of nitrogens with zero attached hydrogens (tertiary/aromatic N) is 3. The Hall–Kier alpha value is -1.10. The van der Waals surface area contributed by atoms with Crippen LogP contribution < -0.4 is 5.32 Å². The number of aromatic nitrogens is 1. The number of thioether (sulfide) groups is 1. The Labute approximate surface area is 138 Å². The highest BCUT2D eigenvalue weighted by atomic mass is 32.2. The number of rotatable bonds is 2. The molecule has 2 heterocycles. The molecule has 0 atom stereocenters. The molecule has 22 heavy (non-hydrogen) atoms. The largest absolute Gasteiger partial charge is 0.353 e. The van der Waals surface area contributed by atoms with Crippen LogP contribution in [-0.2, 0) is 13.6 Å². The first kappa shape index (κ1) is 15.8. The molecule has 4 nitrogen and oxygen atoms in total. The summed E-state index contributed by atoms with van der Waals surface area (Å²) >= 11 is 2.21. The van der Waals surface area contributed by atoms with Crippen molar-refractivity contribution in [2.75, 3.05) is 25.9 Å². The van der Waals surface area contributed by atoms with E-state index in [1.165, 1.54) is 43.6 Å². The van der Waals surface area contributed by atoms with Crippen molar-refractivity contribution in [2.24, 2.45) is 12.0 Å². The van der Waals surface area contributed by atoms with Gasteiger partial charge in [-0.25, -0.2) is 0 Å². The molecule has 0 amide bonds. The maximum atomic E-state index is 4.53. The van der Waals surface area contributed by atoms with E-state index in [1.807, 2.05) is 7.05 Å². The number of aliphatic imine (C=N–C) groups is 1. The zero-order valence-electron chi connectivity index (χ0n) is 13.8. The van der Waals surface area contributed by atoms with Crippen molar-refractivity contribution in [2.45, 2.75) is 43.4 Å². The first-order chi connectivity index (χ1) is 10.7. The van der Waals surface area contributed by atoms with E-state index in [0.717, 1.165) is 25.6 Å². The van der Waals surface area contributed by atoms with Crippen LogP contribution in [0.25, 0.3) is 0 Å². The molecule has 0 radical (unpaired) electrons. The van der Waals surface area contributed by atoms with Gasteiger partial charge in [0.25, 0.3) is 0 Å². The molecule has 3 rings (SSSR count). The third-order valence-corrected chi connectivity index (χ3v) is 6.54. The first-order valence-electron chi connectivity index (χ1n) is 8.42. The van der Waals surface area contributed by atoms with Crippen LogP contribution in [-0.4, -0.2) is 46.1 Å². The molecule has 0 aromatic carbocycles. The second-order valence-electron chi connectivity index (χ2n) is 6.52. The summed E-state index contributed by atoms with van der Waals surface area (Å²) < 4.78 is 2.65. The van der Waals surface area contributed by atoms with Crippen LogP contribution in [0.3, 0.4) is 0 Å². The molecular formula is C17H28N4S. The summed E-state index contributed by atoms with van der Waals surface area (Å²) in [5.74, 6) is 2.29. The van der Waals surface area contributed by atoms with Gasteiger partial charge in [-0.15, -0.1) is 0 Å². The summed E-state index contributed by atoms with van der Waals surface area (Å²) in [7, 11) is 4.00. The Bertz CT molecular complexity index is 511. The Morgan fingerprint density at radius 1 is 1.36 bits per heavy atom. The summed E-state index contributed by atoms with van der Waals surface area (Å²) in [6.45, 7) is 3.11. The van der Waals surface area contributed by atoms with Crippen LogP contribution in [0.2, 0.25) is 0 Å². The van der Waals surface area contributed by atoms with Crippen LogP contribution in [0.1, 0.15) is 37.8 Å². The highest BCUT2D eigenvalue weighted by Crippen LogP contribution is 2.42. The van der Waals surface area contributed by atoms with Gasteiger partial charge in [0.2, 0.25) is 0 Å². The Morgan fingerprint density at radius 3 is 2.86 bits per heavy atom. The van der Waals surface area contributed by atoms with Gasteiger partial charge in [-0.2, -0.15) is 11.8 Å². The fourth-order valence-corrected chi connectivity index (χ4v) is 5.28. The SMILES string of the molecule is CN=C(NCc1cccn1C)N1CCSC2(CCCCC2)C1. The zero-order valence-corrected chi connectivity index (χ0v) is 14.7. The van der Waals surface area contributed by atoms with Crippen molar-refractivity contribution in [3.8, 4) is 0 Å². The van der Waals surface area contributed by atoms with Crippen molar-refractivity contribution in [3.05, 3.63) is 24.0 Å². The van der Waals surface area contributed by atoms with E-state index in [0.29, 0.717) is 4.75 Å². The van der Waals surface area contributed by atoms with Gasteiger partial charge in [0.1, 0.15) is 0 Å². The van der Waals surface area contributed by atoms with Crippen LogP contribution >= 0.6 is 11.8 Å². The van der Waals surface area contributed by atoms with Crippen LogP contribution in [0, 0.1) is 0 Å². The van der Waals surface area contributed by atoms with E-state index in [4.69, 9.17) is 0 Å². The summed E-state index contributed by atoms with van der Waals surface area (Å²) in [5.41, 5.74) is 1.29. The average Bonchev–Trinajstić information content (AvgIpc) is 2.94. The monoisotopic (exact) mass is 320 g/mol. The van der Waals surface area contributed by atoms with Gasteiger partial charge in [-0.1, -0.05) is 19.3 Å². The lowest BCUT2D eigenvalue weighted by molar-refractivity contribution is 0.293. The van der Waals surface area contributed by atoms with Gasteiger partial charge >= 0.3 is 0 Å². The number of hydrogen-bond donors (Lipinski definition) is 1. The zero-order chi connectivity index (χ0) is 15.4. The fourth-order valence-electron chi connectivity index (χ4n) is 3.71. The topological polar surface area (TPSA) is 32.6 Å². The quantitative estimate of drug-likeness (QED) is 0.672. The molecule has 0 bridgehead atoms. The minimum absolute atomic E-state index is 0.485. The van der Waals surface area contributed by atoms with Gasteiger partial charge in [0.15, 0.2) is 5.96 Å². The molecule has 0 unspecified atom stereocenters. The third kappa shape index (κ3) is 3.45. The van der Waals surface area contributed by atoms with Crippen LogP contribution in [0.15, 0.2) is 23.3 Å². The second-order valence-corrected chi connectivity index (χ2v) is 8.09. The predicted octanol–water partition coefficient (Wildman–Crippen LogP) is 2.85. The molecular weight excluding hydrogens is 292 g/mol. The molecule has 5 heteroatoms. The Balaban J connectivity index is 1.62. The summed E-state index contributed by atoms with van der Waals surface area (Å²) in [6, 6.07) is 4.25. The smallest absolute Gasteiger partial charge is 0.194 e. The first-order valence-corrected chi connectivity index (χ1v) is 9.41. The van der Waals surface area contributed by atoms with Crippen molar-refractivity contribution < 1.29 is 0 Å². The van der Waals surface area contributed by atoms with Gasteiger partial charge < -0.3 is 14.8 Å². The van der Waals surface area contributed by atoms with Gasteiger partial charge in [0.05, 0.1) is 6.54 Å². The predicted molar refractivity (Wildman–Crippen MR) is 95.5 cm³/mol. The highest BCUT2D eigenvalue weighted by molar-refractivity contribution is 8.00.